The van der Waals surface area contributed by atoms with Crippen LogP contribution in [0.4, 0.5) is 0 Å². The third kappa shape index (κ3) is 2.66. The first kappa shape index (κ1) is 11.7. The molecule has 0 radical (unpaired) electrons. The molecule has 0 saturated heterocycles. The summed E-state index contributed by atoms with van der Waals surface area (Å²) in [7, 11) is 1.70. The van der Waals surface area contributed by atoms with Crippen molar-refractivity contribution in [3.05, 3.63) is 54.1 Å². The maximum Gasteiger partial charge on any atom is 0.126 e. The molecule has 0 bridgehead atoms. The van der Waals surface area contributed by atoms with E-state index in [1.807, 2.05) is 18.2 Å². The summed E-state index contributed by atoms with van der Waals surface area (Å²) in [5, 5.41) is 0. The molecule has 2 aromatic carbocycles. The van der Waals surface area contributed by atoms with E-state index in [9.17, 15) is 0 Å². The van der Waals surface area contributed by atoms with E-state index in [0.717, 1.165) is 17.7 Å². The summed E-state index contributed by atoms with van der Waals surface area (Å²) in [4.78, 5) is 0. The molecule has 0 aliphatic rings. The van der Waals surface area contributed by atoms with E-state index in [-0.39, 0.29) is 0 Å². The number of nitrogens with two attached hydrogens (primary N) is 1. The minimum absolute atomic E-state index is 0.676. The first-order chi connectivity index (χ1) is 8.35. The van der Waals surface area contributed by atoms with E-state index < -0.39 is 0 Å². The van der Waals surface area contributed by atoms with Crippen molar-refractivity contribution in [2.24, 2.45) is 5.73 Å². The van der Waals surface area contributed by atoms with Gasteiger partial charge in [-0.1, -0.05) is 42.5 Å². The molecular weight excluding hydrogens is 210 g/mol. The van der Waals surface area contributed by atoms with Gasteiger partial charge in [0.2, 0.25) is 0 Å². The molecule has 0 aliphatic heterocycles. The highest BCUT2D eigenvalue weighted by atomic mass is 16.5. The van der Waals surface area contributed by atoms with E-state index >= 15 is 0 Å². The lowest BCUT2D eigenvalue weighted by Gasteiger charge is -2.09. The Hall–Kier alpha value is -1.80. The molecule has 0 unspecified atom stereocenters. The standard InChI is InChI=1S/C15H17NO/c1-17-15-8-3-2-7-14(15)13-6-4-5-12(11-13)9-10-16/h2-8,11H,9-10,16H2,1H3. The predicted octanol–water partition coefficient (Wildman–Crippen LogP) is 2.86. The average molecular weight is 227 g/mol. The molecule has 2 nitrogen and oxygen atoms in total. The third-order valence-corrected chi connectivity index (χ3v) is 2.78. The molecule has 88 valence electrons. The van der Waals surface area contributed by atoms with Crippen molar-refractivity contribution in [2.75, 3.05) is 13.7 Å². The molecule has 0 heterocycles. The maximum absolute atomic E-state index is 5.58. The van der Waals surface area contributed by atoms with E-state index in [2.05, 4.69) is 30.3 Å². The molecule has 0 fully saturated rings. The Kier molecular flexibility index (Phi) is 3.78. The molecule has 0 aromatic heterocycles. The van der Waals surface area contributed by atoms with Crippen LogP contribution in [0.5, 0.6) is 5.75 Å². The molecule has 17 heavy (non-hydrogen) atoms. The molecule has 0 aliphatic carbocycles. The number of para-hydroxylation sites is 1. The minimum atomic E-state index is 0.676. The van der Waals surface area contributed by atoms with Crippen LogP contribution in [0.15, 0.2) is 48.5 Å². The number of methoxy groups -OCH3 is 1. The number of benzene rings is 2. The SMILES string of the molecule is COc1ccccc1-c1cccc(CCN)c1. The second kappa shape index (κ2) is 5.51. The summed E-state index contributed by atoms with van der Waals surface area (Å²) < 4.78 is 5.37. The van der Waals surface area contributed by atoms with Gasteiger partial charge in [-0.15, -0.1) is 0 Å². The average Bonchev–Trinajstić information content (AvgIpc) is 2.39. The lowest BCUT2D eigenvalue weighted by Crippen LogP contribution is -2.02. The second-order valence-electron chi connectivity index (χ2n) is 3.94. The van der Waals surface area contributed by atoms with Crippen molar-refractivity contribution in [3.63, 3.8) is 0 Å². The lowest BCUT2D eigenvalue weighted by atomic mass is 10.0. The highest BCUT2D eigenvalue weighted by Gasteiger charge is 2.04. The summed E-state index contributed by atoms with van der Waals surface area (Å²) in [5.74, 6) is 0.900. The molecule has 0 atom stereocenters. The van der Waals surface area contributed by atoms with Gasteiger partial charge in [-0.05, 0) is 30.2 Å². The zero-order valence-electron chi connectivity index (χ0n) is 10.0. The van der Waals surface area contributed by atoms with Crippen molar-refractivity contribution in [1.29, 1.82) is 0 Å². The molecule has 0 spiro atoms. The van der Waals surface area contributed by atoms with Crippen LogP contribution in [0, 0.1) is 0 Å². The Bertz CT molecular complexity index is 494. The topological polar surface area (TPSA) is 35.2 Å². The monoisotopic (exact) mass is 227 g/mol. The summed E-state index contributed by atoms with van der Waals surface area (Å²) in [6.45, 7) is 0.676. The summed E-state index contributed by atoms with van der Waals surface area (Å²) in [6.07, 6.45) is 0.906. The zero-order chi connectivity index (χ0) is 12.1. The summed E-state index contributed by atoms with van der Waals surface area (Å²) in [6, 6.07) is 16.5. The van der Waals surface area contributed by atoms with E-state index in [4.69, 9.17) is 10.5 Å². The van der Waals surface area contributed by atoms with Crippen molar-refractivity contribution in [2.45, 2.75) is 6.42 Å². The van der Waals surface area contributed by atoms with Crippen molar-refractivity contribution >= 4 is 0 Å². The quantitative estimate of drug-likeness (QED) is 0.871. The molecule has 2 rings (SSSR count). The van der Waals surface area contributed by atoms with E-state index in [1.54, 1.807) is 7.11 Å². The lowest BCUT2D eigenvalue weighted by molar-refractivity contribution is 0.416. The normalized spacial score (nSPS) is 10.2. The van der Waals surface area contributed by atoms with Gasteiger partial charge in [0, 0.05) is 5.56 Å². The van der Waals surface area contributed by atoms with Crippen LogP contribution < -0.4 is 10.5 Å². The predicted molar refractivity (Wildman–Crippen MR) is 71.2 cm³/mol. The molecule has 2 heteroatoms. The molecular formula is C15H17NO. The van der Waals surface area contributed by atoms with Crippen LogP contribution in [-0.2, 0) is 6.42 Å². The fraction of sp³-hybridized carbons (Fsp3) is 0.200. The Labute approximate surface area is 102 Å². The van der Waals surface area contributed by atoms with Crippen LogP contribution in [0.25, 0.3) is 11.1 Å². The van der Waals surface area contributed by atoms with Crippen LogP contribution in [0.2, 0.25) is 0 Å². The van der Waals surface area contributed by atoms with Crippen LogP contribution in [-0.4, -0.2) is 13.7 Å². The van der Waals surface area contributed by atoms with Gasteiger partial charge in [-0.3, -0.25) is 0 Å². The summed E-state index contributed by atoms with van der Waals surface area (Å²) >= 11 is 0. The zero-order valence-corrected chi connectivity index (χ0v) is 10.0. The molecule has 2 N–H and O–H groups in total. The maximum atomic E-state index is 5.58. The number of hydrogen-bond acceptors (Lipinski definition) is 2. The number of ether oxygens (including phenoxy) is 1. The van der Waals surface area contributed by atoms with Crippen LogP contribution in [0.1, 0.15) is 5.56 Å². The third-order valence-electron chi connectivity index (χ3n) is 2.78. The van der Waals surface area contributed by atoms with Gasteiger partial charge in [-0.2, -0.15) is 0 Å². The first-order valence-corrected chi connectivity index (χ1v) is 5.77. The molecule has 0 amide bonds. The van der Waals surface area contributed by atoms with Gasteiger partial charge in [0.25, 0.3) is 0 Å². The van der Waals surface area contributed by atoms with Gasteiger partial charge in [-0.25, -0.2) is 0 Å². The van der Waals surface area contributed by atoms with E-state index in [0.29, 0.717) is 6.54 Å². The van der Waals surface area contributed by atoms with Gasteiger partial charge in [0.1, 0.15) is 5.75 Å². The number of hydrogen-bond donors (Lipinski definition) is 1. The minimum Gasteiger partial charge on any atom is -0.496 e. The Morgan fingerprint density at radius 3 is 2.65 bits per heavy atom. The smallest absolute Gasteiger partial charge is 0.126 e. The van der Waals surface area contributed by atoms with E-state index in [1.165, 1.54) is 11.1 Å². The van der Waals surface area contributed by atoms with Gasteiger partial charge in [0.15, 0.2) is 0 Å². The van der Waals surface area contributed by atoms with Crippen molar-refractivity contribution in [1.82, 2.24) is 0 Å². The number of rotatable bonds is 4. The fourth-order valence-corrected chi connectivity index (χ4v) is 1.94. The Morgan fingerprint density at radius 1 is 1.06 bits per heavy atom. The van der Waals surface area contributed by atoms with Crippen molar-refractivity contribution < 1.29 is 4.74 Å². The Morgan fingerprint density at radius 2 is 1.88 bits per heavy atom. The van der Waals surface area contributed by atoms with Gasteiger partial charge >= 0.3 is 0 Å². The summed E-state index contributed by atoms with van der Waals surface area (Å²) in [5.41, 5.74) is 9.13. The highest BCUT2D eigenvalue weighted by molar-refractivity contribution is 5.70. The first-order valence-electron chi connectivity index (χ1n) is 5.77. The Balaban J connectivity index is 2.41. The molecule has 2 aromatic rings. The highest BCUT2D eigenvalue weighted by Crippen LogP contribution is 2.29. The second-order valence-corrected chi connectivity index (χ2v) is 3.94. The van der Waals surface area contributed by atoms with Gasteiger partial charge < -0.3 is 10.5 Å². The van der Waals surface area contributed by atoms with Gasteiger partial charge in [0.05, 0.1) is 7.11 Å². The fourth-order valence-electron chi connectivity index (χ4n) is 1.94. The van der Waals surface area contributed by atoms with Crippen LogP contribution >= 0.6 is 0 Å². The largest absolute Gasteiger partial charge is 0.496 e. The van der Waals surface area contributed by atoms with Crippen molar-refractivity contribution in [3.8, 4) is 16.9 Å². The van der Waals surface area contributed by atoms with Crippen LogP contribution in [0.3, 0.4) is 0 Å². The molecule has 0 saturated carbocycles.